The molecule has 5 nitrogen and oxygen atoms in total. The van der Waals surface area contributed by atoms with Gasteiger partial charge >= 0.3 is 0 Å². The molecular weight excluding hydrogens is 242 g/mol. The predicted octanol–water partition coefficient (Wildman–Crippen LogP) is 1.26. The van der Waals surface area contributed by atoms with Crippen molar-refractivity contribution in [3.63, 3.8) is 0 Å². The number of carbonyl (C=O) groups is 1. The predicted molar refractivity (Wildman–Crippen MR) is 72.8 cm³/mol. The van der Waals surface area contributed by atoms with Crippen molar-refractivity contribution in [1.82, 2.24) is 14.7 Å². The number of hydrogen-bond acceptors (Lipinski definition) is 3. The SMILES string of the molecule is Cc1cc(C)n(CC(=O)N(CCO)C2CCCC2)n1. The minimum Gasteiger partial charge on any atom is -0.395 e. The van der Waals surface area contributed by atoms with Crippen molar-refractivity contribution in [1.29, 1.82) is 0 Å². The second-order valence-electron chi connectivity index (χ2n) is 5.33. The summed E-state index contributed by atoms with van der Waals surface area (Å²) in [5.41, 5.74) is 1.93. The molecule has 1 aliphatic carbocycles. The summed E-state index contributed by atoms with van der Waals surface area (Å²) in [6, 6.07) is 2.27. The zero-order valence-electron chi connectivity index (χ0n) is 11.8. The summed E-state index contributed by atoms with van der Waals surface area (Å²) >= 11 is 0. The number of aromatic nitrogens is 2. The third kappa shape index (κ3) is 3.35. The maximum atomic E-state index is 12.4. The van der Waals surface area contributed by atoms with E-state index in [4.69, 9.17) is 5.11 Å². The van der Waals surface area contributed by atoms with Gasteiger partial charge in [0.15, 0.2) is 0 Å². The van der Waals surface area contributed by atoms with E-state index in [1.807, 2.05) is 24.8 Å². The van der Waals surface area contributed by atoms with Crippen LogP contribution in [0.1, 0.15) is 37.1 Å². The molecule has 0 saturated heterocycles. The van der Waals surface area contributed by atoms with Crippen molar-refractivity contribution >= 4 is 5.91 Å². The van der Waals surface area contributed by atoms with Gasteiger partial charge in [-0.25, -0.2) is 0 Å². The fraction of sp³-hybridized carbons (Fsp3) is 0.714. The Labute approximate surface area is 114 Å². The highest BCUT2D eigenvalue weighted by Gasteiger charge is 2.26. The van der Waals surface area contributed by atoms with E-state index in [2.05, 4.69) is 5.10 Å². The van der Waals surface area contributed by atoms with Gasteiger partial charge in [-0.1, -0.05) is 12.8 Å². The first-order chi connectivity index (χ1) is 9.11. The molecule has 1 aliphatic rings. The van der Waals surface area contributed by atoms with Gasteiger partial charge in [0.25, 0.3) is 0 Å². The van der Waals surface area contributed by atoms with Gasteiger partial charge in [0.05, 0.1) is 12.3 Å². The second kappa shape index (κ2) is 6.19. The van der Waals surface area contributed by atoms with Gasteiger partial charge in [0.2, 0.25) is 5.91 Å². The largest absolute Gasteiger partial charge is 0.395 e. The highest BCUT2D eigenvalue weighted by molar-refractivity contribution is 5.76. The fourth-order valence-electron chi connectivity index (χ4n) is 2.89. The molecule has 1 heterocycles. The number of amides is 1. The summed E-state index contributed by atoms with van der Waals surface area (Å²) < 4.78 is 1.75. The van der Waals surface area contributed by atoms with Gasteiger partial charge in [-0.05, 0) is 32.8 Å². The van der Waals surface area contributed by atoms with Crippen LogP contribution in [0.5, 0.6) is 0 Å². The van der Waals surface area contributed by atoms with E-state index in [-0.39, 0.29) is 19.1 Å². The van der Waals surface area contributed by atoms with E-state index in [0.717, 1.165) is 24.2 Å². The van der Waals surface area contributed by atoms with Gasteiger partial charge in [0, 0.05) is 18.3 Å². The summed E-state index contributed by atoms with van der Waals surface area (Å²) in [4.78, 5) is 14.2. The highest BCUT2D eigenvalue weighted by atomic mass is 16.3. The van der Waals surface area contributed by atoms with Crippen LogP contribution < -0.4 is 0 Å². The summed E-state index contributed by atoms with van der Waals surface area (Å²) in [7, 11) is 0. The monoisotopic (exact) mass is 265 g/mol. The summed E-state index contributed by atoms with van der Waals surface area (Å²) in [5, 5.41) is 13.5. The Bertz CT molecular complexity index is 436. The molecule has 19 heavy (non-hydrogen) atoms. The molecule has 0 bridgehead atoms. The Balaban J connectivity index is 2.04. The molecule has 1 amide bonds. The van der Waals surface area contributed by atoms with Crippen LogP contribution >= 0.6 is 0 Å². The van der Waals surface area contributed by atoms with Crippen LogP contribution in [-0.2, 0) is 11.3 Å². The van der Waals surface area contributed by atoms with Gasteiger partial charge in [-0.15, -0.1) is 0 Å². The molecule has 0 atom stereocenters. The maximum absolute atomic E-state index is 12.4. The number of aliphatic hydroxyl groups excluding tert-OH is 1. The topological polar surface area (TPSA) is 58.4 Å². The lowest BCUT2D eigenvalue weighted by atomic mass is 10.2. The molecule has 1 aromatic heterocycles. The molecule has 0 radical (unpaired) electrons. The smallest absolute Gasteiger partial charge is 0.244 e. The molecule has 0 aromatic carbocycles. The molecule has 0 spiro atoms. The molecule has 1 saturated carbocycles. The Kier molecular flexibility index (Phi) is 4.58. The molecule has 1 N–H and O–H groups in total. The van der Waals surface area contributed by atoms with E-state index in [9.17, 15) is 4.79 Å². The Morgan fingerprint density at radius 2 is 2.16 bits per heavy atom. The van der Waals surface area contributed by atoms with Crippen molar-refractivity contribution in [2.24, 2.45) is 0 Å². The van der Waals surface area contributed by atoms with E-state index in [0.29, 0.717) is 12.6 Å². The maximum Gasteiger partial charge on any atom is 0.244 e. The second-order valence-corrected chi connectivity index (χ2v) is 5.33. The minimum absolute atomic E-state index is 0.0271. The third-order valence-electron chi connectivity index (χ3n) is 3.82. The van der Waals surface area contributed by atoms with Crippen LogP contribution in [-0.4, -0.2) is 44.9 Å². The first kappa shape index (κ1) is 14.1. The fourth-order valence-corrected chi connectivity index (χ4v) is 2.89. The Morgan fingerprint density at radius 1 is 1.47 bits per heavy atom. The van der Waals surface area contributed by atoms with E-state index < -0.39 is 0 Å². The van der Waals surface area contributed by atoms with E-state index >= 15 is 0 Å². The van der Waals surface area contributed by atoms with Crippen molar-refractivity contribution in [2.75, 3.05) is 13.2 Å². The molecule has 0 unspecified atom stereocenters. The van der Waals surface area contributed by atoms with Crippen LogP contribution in [0.15, 0.2) is 6.07 Å². The van der Waals surface area contributed by atoms with Crippen molar-refractivity contribution in [3.8, 4) is 0 Å². The standard InChI is InChI=1S/C14H23N3O2/c1-11-9-12(2)17(15-11)10-14(19)16(7-8-18)13-5-3-4-6-13/h9,13,18H,3-8,10H2,1-2H3. The summed E-state index contributed by atoms with van der Waals surface area (Å²) in [6.07, 6.45) is 4.48. The minimum atomic E-state index is 0.0271. The van der Waals surface area contributed by atoms with Gasteiger partial charge in [0.1, 0.15) is 6.54 Å². The zero-order chi connectivity index (χ0) is 13.8. The van der Waals surface area contributed by atoms with Gasteiger partial charge in [-0.3, -0.25) is 9.48 Å². The van der Waals surface area contributed by atoms with Crippen molar-refractivity contribution < 1.29 is 9.90 Å². The first-order valence-electron chi connectivity index (χ1n) is 7.03. The molecular formula is C14H23N3O2. The molecule has 1 fully saturated rings. The number of aryl methyl sites for hydroxylation is 2. The summed E-state index contributed by atoms with van der Waals surface area (Å²) in [6.45, 7) is 4.62. The average Bonchev–Trinajstić information content (AvgIpc) is 2.97. The van der Waals surface area contributed by atoms with Crippen LogP contribution in [0.3, 0.4) is 0 Å². The number of nitrogens with zero attached hydrogens (tertiary/aromatic N) is 3. The Hall–Kier alpha value is -1.36. The molecule has 106 valence electrons. The quantitative estimate of drug-likeness (QED) is 0.872. The summed E-state index contributed by atoms with van der Waals surface area (Å²) in [5.74, 6) is 0.0622. The lowest BCUT2D eigenvalue weighted by Crippen LogP contribution is -2.42. The van der Waals surface area contributed by atoms with Crippen molar-refractivity contribution in [3.05, 3.63) is 17.5 Å². The van der Waals surface area contributed by atoms with Crippen LogP contribution in [0, 0.1) is 13.8 Å². The normalized spacial score (nSPS) is 15.9. The Morgan fingerprint density at radius 3 is 2.68 bits per heavy atom. The lowest BCUT2D eigenvalue weighted by molar-refractivity contribution is -0.134. The average molecular weight is 265 g/mol. The highest BCUT2D eigenvalue weighted by Crippen LogP contribution is 2.23. The van der Waals surface area contributed by atoms with Crippen LogP contribution in [0.4, 0.5) is 0 Å². The van der Waals surface area contributed by atoms with Crippen LogP contribution in [0.25, 0.3) is 0 Å². The molecule has 0 aliphatic heterocycles. The number of hydrogen-bond donors (Lipinski definition) is 1. The number of aliphatic hydroxyl groups is 1. The van der Waals surface area contributed by atoms with Gasteiger partial charge in [-0.2, -0.15) is 5.10 Å². The number of carbonyl (C=O) groups excluding carboxylic acids is 1. The van der Waals surface area contributed by atoms with E-state index in [1.54, 1.807) is 4.68 Å². The van der Waals surface area contributed by atoms with Crippen LogP contribution in [0.2, 0.25) is 0 Å². The lowest BCUT2D eigenvalue weighted by Gasteiger charge is -2.28. The zero-order valence-corrected chi connectivity index (χ0v) is 11.8. The molecule has 5 heteroatoms. The number of rotatable bonds is 5. The molecule has 2 rings (SSSR count). The van der Waals surface area contributed by atoms with Crippen molar-refractivity contribution in [2.45, 2.75) is 52.1 Å². The van der Waals surface area contributed by atoms with E-state index in [1.165, 1.54) is 12.8 Å². The van der Waals surface area contributed by atoms with Gasteiger partial charge < -0.3 is 10.0 Å². The molecule has 1 aromatic rings. The third-order valence-corrected chi connectivity index (χ3v) is 3.82. The first-order valence-corrected chi connectivity index (χ1v) is 7.03.